The van der Waals surface area contributed by atoms with Crippen LogP contribution in [0.5, 0.6) is 0 Å². The van der Waals surface area contributed by atoms with Crippen molar-refractivity contribution < 1.29 is 41.0 Å². The highest BCUT2D eigenvalue weighted by molar-refractivity contribution is 7.89. The largest absolute Gasteiger partial charge is 0.490 e. The summed E-state index contributed by atoms with van der Waals surface area (Å²) in [4.78, 5) is 23.9. The minimum atomic E-state index is -5.08. The van der Waals surface area contributed by atoms with Gasteiger partial charge < -0.3 is 9.84 Å². The van der Waals surface area contributed by atoms with Gasteiger partial charge in [0.05, 0.1) is 17.8 Å². The van der Waals surface area contributed by atoms with E-state index in [1.807, 2.05) is 6.92 Å². The first-order valence-electron chi connectivity index (χ1n) is 9.90. The molecule has 30 heavy (non-hydrogen) atoms. The molecule has 2 aliphatic heterocycles. The van der Waals surface area contributed by atoms with Crippen LogP contribution in [0.15, 0.2) is 0 Å². The predicted molar refractivity (Wildman–Crippen MR) is 103 cm³/mol. The van der Waals surface area contributed by atoms with Gasteiger partial charge in [-0.05, 0) is 40.5 Å². The first kappa shape index (κ1) is 26.6. The fraction of sp³-hybridized carbons (Fsp3) is 0.889. The van der Waals surface area contributed by atoms with Gasteiger partial charge in [-0.3, -0.25) is 9.69 Å². The second-order valence-electron chi connectivity index (χ2n) is 7.76. The molecular formula is C18H31F3N2O6S. The molecule has 0 aromatic heterocycles. The van der Waals surface area contributed by atoms with Crippen molar-refractivity contribution in [2.75, 3.05) is 38.5 Å². The Morgan fingerprint density at radius 2 is 1.80 bits per heavy atom. The van der Waals surface area contributed by atoms with Gasteiger partial charge in [0.25, 0.3) is 0 Å². The monoisotopic (exact) mass is 460 g/mol. The van der Waals surface area contributed by atoms with Crippen LogP contribution in [0, 0.1) is 11.3 Å². The molecule has 0 amide bonds. The molecule has 176 valence electrons. The summed E-state index contributed by atoms with van der Waals surface area (Å²) < 4.78 is 63.3. The summed E-state index contributed by atoms with van der Waals surface area (Å²) in [7, 11) is -3.22. The zero-order valence-electron chi connectivity index (χ0n) is 17.7. The molecule has 0 unspecified atom stereocenters. The number of nitrogens with zero attached hydrogens (tertiary/aromatic N) is 2. The van der Waals surface area contributed by atoms with Crippen LogP contribution < -0.4 is 0 Å². The van der Waals surface area contributed by atoms with Gasteiger partial charge >= 0.3 is 18.1 Å². The number of fused-ring (bicyclic) bond motifs is 1. The van der Waals surface area contributed by atoms with Crippen molar-refractivity contribution in [1.82, 2.24) is 9.21 Å². The second kappa shape index (κ2) is 10.3. The number of carboxylic acids is 1. The normalized spacial score (nSPS) is 25.8. The number of esters is 1. The highest BCUT2D eigenvalue weighted by atomic mass is 32.2. The third kappa shape index (κ3) is 6.30. The molecule has 2 atom stereocenters. The first-order valence-corrected chi connectivity index (χ1v) is 11.5. The number of alkyl halides is 3. The third-order valence-corrected chi connectivity index (χ3v) is 7.44. The molecule has 8 nitrogen and oxygen atoms in total. The van der Waals surface area contributed by atoms with Gasteiger partial charge in [0.15, 0.2) is 0 Å². The van der Waals surface area contributed by atoms with Gasteiger partial charge in [-0.15, -0.1) is 0 Å². The van der Waals surface area contributed by atoms with Crippen LogP contribution in [-0.2, 0) is 24.3 Å². The van der Waals surface area contributed by atoms with Crippen LogP contribution in [0.3, 0.4) is 0 Å². The van der Waals surface area contributed by atoms with Gasteiger partial charge in [0.1, 0.15) is 0 Å². The molecule has 2 saturated heterocycles. The number of ether oxygens (including phenoxy) is 1. The number of carbonyl (C=O) groups is 2. The van der Waals surface area contributed by atoms with Crippen molar-refractivity contribution in [3.05, 3.63) is 0 Å². The molecule has 0 saturated carbocycles. The molecule has 0 spiro atoms. The molecule has 0 aromatic carbocycles. The maximum Gasteiger partial charge on any atom is 0.490 e. The smallest absolute Gasteiger partial charge is 0.475 e. The Morgan fingerprint density at radius 1 is 1.23 bits per heavy atom. The van der Waals surface area contributed by atoms with E-state index in [4.69, 9.17) is 14.6 Å². The van der Waals surface area contributed by atoms with E-state index in [1.54, 1.807) is 11.2 Å². The lowest BCUT2D eigenvalue weighted by molar-refractivity contribution is -0.192. The molecular weight excluding hydrogens is 429 g/mol. The topological polar surface area (TPSA) is 104 Å². The molecule has 2 fully saturated rings. The lowest BCUT2D eigenvalue weighted by atomic mass is 9.75. The summed E-state index contributed by atoms with van der Waals surface area (Å²) in [5, 5.41) is 7.12. The van der Waals surface area contributed by atoms with Gasteiger partial charge in [-0.1, -0.05) is 0 Å². The van der Waals surface area contributed by atoms with Gasteiger partial charge in [0.2, 0.25) is 10.0 Å². The lowest BCUT2D eigenvalue weighted by Gasteiger charge is -2.31. The molecule has 2 rings (SSSR count). The zero-order chi connectivity index (χ0) is 23.3. The van der Waals surface area contributed by atoms with Crippen LogP contribution >= 0.6 is 0 Å². The quantitative estimate of drug-likeness (QED) is 0.626. The number of sulfonamides is 1. The van der Waals surface area contributed by atoms with Crippen molar-refractivity contribution >= 4 is 22.0 Å². The summed E-state index contributed by atoms with van der Waals surface area (Å²) >= 11 is 0. The van der Waals surface area contributed by atoms with Crippen molar-refractivity contribution in [1.29, 1.82) is 0 Å². The van der Waals surface area contributed by atoms with E-state index in [1.165, 1.54) is 0 Å². The zero-order valence-corrected chi connectivity index (χ0v) is 18.6. The van der Waals surface area contributed by atoms with Crippen molar-refractivity contribution in [2.24, 2.45) is 11.3 Å². The summed E-state index contributed by atoms with van der Waals surface area (Å²) in [5.74, 6) is -2.79. The molecule has 0 radical (unpaired) electrons. The number of likely N-dealkylation sites (tertiary alicyclic amines) is 1. The summed E-state index contributed by atoms with van der Waals surface area (Å²) in [5.41, 5.74) is -0.557. The molecule has 1 N–H and O–H groups in total. The number of rotatable bonds is 5. The van der Waals surface area contributed by atoms with Crippen LogP contribution in [0.4, 0.5) is 13.2 Å². The van der Waals surface area contributed by atoms with Crippen LogP contribution in [0.2, 0.25) is 0 Å². The lowest BCUT2D eigenvalue weighted by Crippen LogP contribution is -2.44. The Morgan fingerprint density at radius 3 is 2.23 bits per heavy atom. The van der Waals surface area contributed by atoms with E-state index >= 15 is 0 Å². The summed E-state index contributed by atoms with van der Waals surface area (Å²) in [6.07, 6.45) is -3.67. The molecule has 0 aromatic rings. The maximum atomic E-state index is 12.7. The predicted octanol–water partition coefficient (Wildman–Crippen LogP) is 1.95. The van der Waals surface area contributed by atoms with E-state index in [0.29, 0.717) is 45.1 Å². The average Bonchev–Trinajstić information content (AvgIpc) is 2.90. The maximum absolute atomic E-state index is 12.7. The van der Waals surface area contributed by atoms with E-state index < -0.39 is 27.6 Å². The summed E-state index contributed by atoms with van der Waals surface area (Å²) in [6, 6.07) is 0.337. The number of hydrogen-bond donors (Lipinski definition) is 1. The number of hydrogen-bond acceptors (Lipinski definition) is 6. The Labute approximate surface area is 175 Å². The number of carbonyl (C=O) groups excluding carboxylic acids is 1. The van der Waals surface area contributed by atoms with E-state index in [9.17, 15) is 26.4 Å². The Balaban J connectivity index is 0.000000553. The Bertz CT molecular complexity index is 713. The van der Waals surface area contributed by atoms with Crippen molar-refractivity contribution in [3.8, 4) is 0 Å². The molecule has 12 heteroatoms. The molecule has 2 heterocycles. The highest BCUT2D eigenvalue weighted by Gasteiger charge is 2.55. The van der Waals surface area contributed by atoms with Crippen molar-refractivity contribution in [3.63, 3.8) is 0 Å². The summed E-state index contributed by atoms with van der Waals surface area (Å²) in [6.45, 7) is 10.5. The van der Waals surface area contributed by atoms with E-state index in [-0.39, 0.29) is 17.6 Å². The van der Waals surface area contributed by atoms with Crippen molar-refractivity contribution in [2.45, 2.75) is 52.8 Å². The number of halogens is 3. The minimum absolute atomic E-state index is 0.00720. The van der Waals surface area contributed by atoms with Crippen LogP contribution in [0.25, 0.3) is 0 Å². The molecule has 2 aliphatic rings. The average molecular weight is 461 g/mol. The minimum Gasteiger partial charge on any atom is -0.475 e. The number of carboxylic acid groups (broad SMARTS) is 1. The Hall–Kier alpha value is -1.40. The van der Waals surface area contributed by atoms with Crippen LogP contribution in [0.1, 0.15) is 40.5 Å². The van der Waals surface area contributed by atoms with Gasteiger partial charge in [-0.2, -0.15) is 13.2 Å². The molecule has 0 bridgehead atoms. The van der Waals surface area contributed by atoms with E-state index in [0.717, 1.165) is 6.54 Å². The van der Waals surface area contributed by atoms with E-state index in [2.05, 4.69) is 18.7 Å². The third-order valence-electron chi connectivity index (χ3n) is 5.59. The van der Waals surface area contributed by atoms with Crippen LogP contribution in [-0.4, -0.2) is 85.4 Å². The fourth-order valence-corrected chi connectivity index (χ4v) is 5.05. The Kier molecular flexibility index (Phi) is 9.12. The SMILES string of the molecule is CCOC(=O)[C@]12CCCN(S(=O)(=O)CC)C[C@H]1CN(C(C)C)C2.O=C(O)C(F)(F)F. The molecule has 0 aliphatic carbocycles. The second-order valence-corrected chi connectivity index (χ2v) is 10.0. The van der Waals surface area contributed by atoms with Gasteiger partial charge in [0, 0.05) is 38.1 Å². The number of aliphatic carboxylic acids is 1. The van der Waals surface area contributed by atoms with Gasteiger partial charge in [-0.25, -0.2) is 17.5 Å². The highest BCUT2D eigenvalue weighted by Crippen LogP contribution is 2.44. The fourth-order valence-electron chi connectivity index (χ4n) is 3.87. The standard InChI is InChI=1S/C16H30N2O4S.C2HF3O2/c1-5-22-15(19)16-8-7-9-18(23(20,21)6-2)11-14(16)10-17(12-16)13(3)4;3-2(4,5)1(6)7/h13-14H,5-12H2,1-4H3;(H,6,7)/t14-,16+;/m1./s1. The first-order chi connectivity index (χ1) is 13.7.